The minimum absolute atomic E-state index is 0.228. The third kappa shape index (κ3) is 3.68. The van der Waals surface area contributed by atoms with E-state index in [-0.39, 0.29) is 12.6 Å². The monoisotopic (exact) mass is 361 g/mol. The lowest BCUT2D eigenvalue weighted by atomic mass is 10.1. The first-order chi connectivity index (χ1) is 13.2. The van der Waals surface area contributed by atoms with Gasteiger partial charge in [0.15, 0.2) is 0 Å². The zero-order valence-corrected chi connectivity index (χ0v) is 16.1. The lowest BCUT2D eigenvalue weighted by Gasteiger charge is -2.22. The lowest BCUT2D eigenvalue weighted by molar-refractivity contribution is 0.154. The molecule has 2 aromatic carbocycles. The Balaban J connectivity index is 1.76. The third-order valence-electron chi connectivity index (χ3n) is 5.53. The van der Waals surface area contributed by atoms with Crippen LogP contribution in [0.15, 0.2) is 54.7 Å². The van der Waals surface area contributed by atoms with Crippen molar-refractivity contribution >= 4 is 0 Å². The van der Waals surface area contributed by atoms with E-state index in [2.05, 4.69) is 67.4 Å². The Morgan fingerprint density at radius 3 is 2.70 bits per heavy atom. The summed E-state index contributed by atoms with van der Waals surface area (Å²) in [5, 5.41) is 14.7. The first-order valence-corrected chi connectivity index (χ1v) is 9.72. The van der Waals surface area contributed by atoms with Crippen molar-refractivity contribution < 1.29 is 5.11 Å². The summed E-state index contributed by atoms with van der Waals surface area (Å²) in [5.41, 5.74) is 6.94. The Morgan fingerprint density at radius 1 is 1.11 bits per heavy atom. The van der Waals surface area contributed by atoms with Gasteiger partial charge in [-0.25, -0.2) is 4.68 Å². The van der Waals surface area contributed by atoms with Crippen molar-refractivity contribution in [2.45, 2.75) is 39.3 Å². The lowest BCUT2D eigenvalue weighted by Crippen LogP contribution is -2.31. The molecule has 4 heteroatoms. The van der Waals surface area contributed by atoms with E-state index in [1.807, 2.05) is 10.7 Å². The van der Waals surface area contributed by atoms with E-state index in [1.165, 1.54) is 16.7 Å². The largest absolute Gasteiger partial charge is 0.395 e. The van der Waals surface area contributed by atoms with Crippen LogP contribution in [0.3, 0.4) is 0 Å². The summed E-state index contributed by atoms with van der Waals surface area (Å²) in [6.07, 6.45) is 4.39. The number of aryl methyl sites for hydroxylation is 2. The van der Waals surface area contributed by atoms with Crippen LogP contribution >= 0.6 is 0 Å². The number of likely N-dealkylation sites (tertiary alicyclic amines) is 1. The molecule has 0 amide bonds. The topological polar surface area (TPSA) is 41.3 Å². The average Bonchev–Trinajstić information content (AvgIpc) is 3.31. The highest BCUT2D eigenvalue weighted by atomic mass is 16.3. The zero-order chi connectivity index (χ0) is 18.8. The minimum Gasteiger partial charge on any atom is -0.395 e. The van der Waals surface area contributed by atoms with Crippen molar-refractivity contribution in [2.24, 2.45) is 0 Å². The maximum absolute atomic E-state index is 9.69. The number of nitrogens with zero attached hydrogens (tertiary/aromatic N) is 3. The second-order valence-electron chi connectivity index (χ2n) is 7.55. The number of aliphatic hydroxyl groups excluding tert-OH is 1. The highest BCUT2D eigenvalue weighted by molar-refractivity contribution is 5.63. The third-order valence-corrected chi connectivity index (χ3v) is 5.53. The Kier molecular flexibility index (Phi) is 5.10. The maximum atomic E-state index is 9.69. The normalized spacial score (nSPS) is 17.5. The van der Waals surface area contributed by atoms with E-state index in [0.717, 1.165) is 42.9 Å². The van der Waals surface area contributed by atoms with Gasteiger partial charge >= 0.3 is 0 Å². The smallest absolute Gasteiger partial charge is 0.0972 e. The first-order valence-electron chi connectivity index (χ1n) is 9.72. The molecule has 0 bridgehead atoms. The van der Waals surface area contributed by atoms with Gasteiger partial charge in [-0.2, -0.15) is 5.10 Å². The first kappa shape index (κ1) is 18.0. The molecule has 0 saturated carbocycles. The van der Waals surface area contributed by atoms with Crippen molar-refractivity contribution in [2.75, 3.05) is 13.2 Å². The predicted molar refractivity (Wildman–Crippen MR) is 109 cm³/mol. The minimum atomic E-state index is 0.228. The molecule has 1 saturated heterocycles. The molecule has 1 N–H and O–H groups in total. The molecule has 27 heavy (non-hydrogen) atoms. The molecule has 3 aromatic rings. The molecule has 1 fully saturated rings. The van der Waals surface area contributed by atoms with Gasteiger partial charge in [-0.3, -0.25) is 4.90 Å². The van der Waals surface area contributed by atoms with E-state index < -0.39 is 0 Å². The van der Waals surface area contributed by atoms with Crippen LogP contribution in [0.1, 0.15) is 29.5 Å². The second kappa shape index (κ2) is 7.67. The fourth-order valence-electron chi connectivity index (χ4n) is 3.98. The number of aliphatic hydroxyl groups is 1. The molecule has 1 aliphatic rings. The van der Waals surface area contributed by atoms with E-state index in [4.69, 9.17) is 5.10 Å². The summed E-state index contributed by atoms with van der Waals surface area (Å²) in [6.45, 7) is 6.32. The van der Waals surface area contributed by atoms with E-state index in [0.29, 0.717) is 0 Å². The van der Waals surface area contributed by atoms with Crippen molar-refractivity contribution in [3.05, 3.63) is 71.4 Å². The van der Waals surface area contributed by atoms with Crippen molar-refractivity contribution in [3.8, 4) is 16.9 Å². The Bertz CT molecular complexity index is 917. The van der Waals surface area contributed by atoms with E-state index >= 15 is 0 Å². The summed E-state index contributed by atoms with van der Waals surface area (Å²) in [7, 11) is 0. The number of benzene rings is 2. The molecule has 0 radical (unpaired) electrons. The van der Waals surface area contributed by atoms with Crippen molar-refractivity contribution in [3.63, 3.8) is 0 Å². The van der Waals surface area contributed by atoms with Crippen LogP contribution in [0, 0.1) is 13.8 Å². The van der Waals surface area contributed by atoms with E-state index in [9.17, 15) is 5.11 Å². The molecule has 0 aliphatic carbocycles. The quantitative estimate of drug-likeness (QED) is 0.743. The number of aromatic nitrogens is 2. The molecule has 4 nitrogen and oxygen atoms in total. The molecule has 0 spiro atoms. The van der Waals surface area contributed by atoms with Crippen LogP contribution in [0.2, 0.25) is 0 Å². The summed E-state index contributed by atoms with van der Waals surface area (Å²) >= 11 is 0. The van der Waals surface area contributed by atoms with Crippen LogP contribution in [0.25, 0.3) is 16.9 Å². The standard InChI is InChI=1S/C23H27N3O/c1-17-10-11-18(2)22(13-17)26-15-20(14-25-12-6-9-21(25)16-27)23(24-26)19-7-4-3-5-8-19/h3-5,7-8,10-11,13,15,21,27H,6,9,12,14,16H2,1-2H3/t21-/m0/s1. The molecule has 0 unspecified atom stereocenters. The van der Waals surface area contributed by atoms with Crippen molar-refractivity contribution in [1.29, 1.82) is 0 Å². The fraction of sp³-hybridized carbons (Fsp3) is 0.348. The number of hydrogen-bond donors (Lipinski definition) is 1. The van der Waals surface area contributed by atoms with Crippen LogP contribution in [-0.4, -0.2) is 39.0 Å². The van der Waals surface area contributed by atoms with Crippen LogP contribution < -0.4 is 0 Å². The highest BCUT2D eigenvalue weighted by Gasteiger charge is 2.25. The highest BCUT2D eigenvalue weighted by Crippen LogP contribution is 2.28. The zero-order valence-electron chi connectivity index (χ0n) is 16.1. The summed E-state index contributed by atoms with van der Waals surface area (Å²) in [5.74, 6) is 0. The SMILES string of the molecule is Cc1ccc(C)c(-n2cc(CN3CCC[C@H]3CO)c(-c3ccccc3)n2)c1. The predicted octanol–water partition coefficient (Wildman–Crippen LogP) is 4.11. The van der Waals surface area contributed by atoms with Gasteiger partial charge in [0.25, 0.3) is 0 Å². The van der Waals surface area contributed by atoms with Gasteiger partial charge in [0.2, 0.25) is 0 Å². The molecular weight excluding hydrogens is 334 g/mol. The maximum Gasteiger partial charge on any atom is 0.0972 e. The van der Waals surface area contributed by atoms with Crippen LogP contribution in [0.4, 0.5) is 0 Å². The molecule has 4 rings (SSSR count). The van der Waals surface area contributed by atoms with Gasteiger partial charge in [0.1, 0.15) is 0 Å². The number of rotatable bonds is 5. The van der Waals surface area contributed by atoms with Gasteiger partial charge in [-0.15, -0.1) is 0 Å². The molecule has 1 aliphatic heterocycles. The molecular formula is C23H27N3O. The molecule has 140 valence electrons. The molecule has 2 heterocycles. The molecule has 1 atom stereocenters. The number of hydrogen-bond acceptors (Lipinski definition) is 3. The Hall–Kier alpha value is -2.43. The molecule has 1 aromatic heterocycles. The van der Waals surface area contributed by atoms with E-state index in [1.54, 1.807) is 0 Å². The second-order valence-corrected chi connectivity index (χ2v) is 7.55. The van der Waals surface area contributed by atoms with Gasteiger partial charge in [-0.05, 0) is 50.4 Å². The van der Waals surface area contributed by atoms with Crippen molar-refractivity contribution in [1.82, 2.24) is 14.7 Å². The van der Waals surface area contributed by atoms with Gasteiger partial charge in [0, 0.05) is 29.9 Å². The van der Waals surface area contributed by atoms with Crippen LogP contribution in [-0.2, 0) is 6.54 Å². The van der Waals surface area contributed by atoms with Crippen LogP contribution in [0.5, 0.6) is 0 Å². The average molecular weight is 361 g/mol. The van der Waals surface area contributed by atoms with Gasteiger partial charge in [-0.1, -0.05) is 42.5 Å². The Morgan fingerprint density at radius 2 is 1.93 bits per heavy atom. The summed E-state index contributed by atoms with van der Waals surface area (Å²) in [4.78, 5) is 2.39. The fourth-order valence-corrected chi connectivity index (χ4v) is 3.98. The van der Waals surface area contributed by atoms with Gasteiger partial charge in [0.05, 0.1) is 18.0 Å². The summed E-state index contributed by atoms with van der Waals surface area (Å²) in [6, 6.07) is 17.1. The summed E-state index contributed by atoms with van der Waals surface area (Å²) < 4.78 is 2.02. The van der Waals surface area contributed by atoms with Gasteiger partial charge < -0.3 is 5.11 Å². The Labute approximate surface area is 161 Å².